The number of rotatable bonds is 8. The molecule has 7 heteroatoms. The molecule has 2 atom stereocenters. The van der Waals surface area contributed by atoms with E-state index in [2.05, 4.69) is 5.32 Å². The molecule has 0 fully saturated rings. The van der Waals surface area contributed by atoms with Gasteiger partial charge in [-0.2, -0.15) is 11.8 Å². The van der Waals surface area contributed by atoms with Crippen molar-refractivity contribution < 1.29 is 9.90 Å². The lowest BCUT2D eigenvalue weighted by Crippen LogP contribution is -2.61. The predicted molar refractivity (Wildman–Crippen MR) is 87.2 cm³/mol. The van der Waals surface area contributed by atoms with Crippen molar-refractivity contribution in [2.24, 2.45) is 0 Å². The van der Waals surface area contributed by atoms with Crippen molar-refractivity contribution in [3.05, 3.63) is 35.9 Å². The maximum Gasteiger partial charge on any atom is 0.326 e. The van der Waals surface area contributed by atoms with E-state index in [0.717, 1.165) is 5.56 Å². The summed E-state index contributed by atoms with van der Waals surface area (Å²) < 4.78 is 0. The number of hydrogen-bond acceptors (Lipinski definition) is 3. The molecule has 0 aromatic heterocycles. The molecule has 2 unspecified atom stereocenters. The summed E-state index contributed by atoms with van der Waals surface area (Å²) in [6.45, 7) is 0. The third-order valence-corrected chi connectivity index (χ3v) is 5.54. The Labute approximate surface area is 138 Å². The van der Waals surface area contributed by atoms with Gasteiger partial charge in [0.05, 0.1) is 5.38 Å². The number of nitrogens with one attached hydrogen (secondary N) is 1. The van der Waals surface area contributed by atoms with Gasteiger partial charge >= 0.3 is 5.97 Å². The molecule has 0 aliphatic rings. The number of alkyl halides is 3. The molecule has 20 heavy (non-hydrogen) atoms. The number of carbonyl (C=O) groups is 1. The van der Waals surface area contributed by atoms with Gasteiger partial charge in [0.1, 0.15) is 10.4 Å². The van der Waals surface area contributed by atoms with Gasteiger partial charge in [-0.05, 0) is 12.6 Å². The number of benzene rings is 1. The van der Waals surface area contributed by atoms with Gasteiger partial charge in [0.25, 0.3) is 0 Å². The molecular formula is C13H16Cl3NO2S. The van der Waals surface area contributed by atoms with Crippen LogP contribution in [0.4, 0.5) is 0 Å². The van der Waals surface area contributed by atoms with Crippen LogP contribution in [0.3, 0.4) is 0 Å². The number of carboxylic acids is 1. The normalized spacial score (nSPS) is 15.8. The highest BCUT2D eigenvalue weighted by Gasteiger charge is 2.46. The van der Waals surface area contributed by atoms with Gasteiger partial charge in [-0.1, -0.05) is 30.3 Å². The Kier molecular flexibility index (Phi) is 7.48. The van der Waals surface area contributed by atoms with Crippen molar-refractivity contribution in [2.75, 3.05) is 12.8 Å². The van der Waals surface area contributed by atoms with Crippen LogP contribution in [0.5, 0.6) is 0 Å². The van der Waals surface area contributed by atoms with Gasteiger partial charge in [-0.15, -0.1) is 34.8 Å². The molecule has 0 amide bonds. The topological polar surface area (TPSA) is 49.3 Å². The molecule has 1 aromatic rings. The number of aliphatic carboxylic acids is 1. The molecule has 0 aliphatic carbocycles. The highest BCUT2D eigenvalue weighted by atomic mass is 35.5. The Morgan fingerprint density at radius 3 is 2.40 bits per heavy atom. The van der Waals surface area contributed by atoms with E-state index in [4.69, 9.17) is 34.8 Å². The monoisotopic (exact) mass is 355 g/mol. The molecule has 1 rings (SSSR count). The lowest BCUT2D eigenvalue weighted by atomic mass is 9.98. The van der Waals surface area contributed by atoms with E-state index in [0.29, 0.717) is 5.75 Å². The van der Waals surface area contributed by atoms with Crippen LogP contribution < -0.4 is 5.32 Å². The van der Waals surface area contributed by atoms with Gasteiger partial charge in [-0.3, -0.25) is 4.79 Å². The standard InChI is InChI=1S/C13H16Cl3NO2S/c1-17-13(12(18)19,10(14)11(15)16)8-20-7-9-5-3-2-4-6-9/h2-6,10-11,17H,7-8H2,1H3,(H,18,19). The van der Waals surface area contributed by atoms with Crippen LogP contribution in [0.25, 0.3) is 0 Å². The van der Waals surface area contributed by atoms with E-state index in [1.165, 1.54) is 11.8 Å². The van der Waals surface area contributed by atoms with E-state index in [-0.39, 0.29) is 5.75 Å². The summed E-state index contributed by atoms with van der Waals surface area (Å²) in [6.07, 6.45) is 0. The summed E-state index contributed by atoms with van der Waals surface area (Å²) in [5.74, 6) is -0.110. The molecule has 0 radical (unpaired) electrons. The summed E-state index contributed by atoms with van der Waals surface area (Å²) >= 11 is 19.1. The Hall–Kier alpha value is -0.130. The zero-order valence-electron chi connectivity index (χ0n) is 10.9. The maximum absolute atomic E-state index is 11.6. The zero-order valence-corrected chi connectivity index (χ0v) is 13.9. The van der Waals surface area contributed by atoms with Crippen molar-refractivity contribution in [1.82, 2.24) is 5.32 Å². The summed E-state index contributed by atoms with van der Waals surface area (Å²) in [7, 11) is 1.54. The lowest BCUT2D eigenvalue weighted by molar-refractivity contribution is -0.143. The first-order valence-corrected chi connectivity index (χ1v) is 8.36. The first-order chi connectivity index (χ1) is 9.44. The molecule has 112 valence electrons. The van der Waals surface area contributed by atoms with Crippen molar-refractivity contribution in [3.8, 4) is 0 Å². The van der Waals surface area contributed by atoms with Crippen LogP contribution in [0.15, 0.2) is 30.3 Å². The Morgan fingerprint density at radius 1 is 1.35 bits per heavy atom. The van der Waals surface area contributed by atoms with Crippen molar-refractivity contribution in [3.63, 3.8) is 0 Å². The van der Waals surface area contributed by atoms with Crippen molar-refractivity contribution >= 4 is 52.5 Å². The molecule has 0 aliphatic heterocycles. The smallest absolute Gasteiger partial charge is 0.326 e. The molecule has 2 N–H and O–H groups in total. The van der Waals surface area contributed by atoms with E-state index >= 15 is 0 Å². The molecule has 3 nitrogen and oxygen atoms in total. The predicted octanol–water partition coefficient (Wildman–Crippen LogP) is 3.37. The molecule has 0 spiro atoms. The second kappa shape index (κ2) is 8.35. The van der Waals surface area contributed by atoms with E-state index in [9.17, 15) is 9.90 Å². The Bertz CT molecular complexity index is 433. The summed E-state index contributed by atoms with van der Waals surface area (Å²) in [4.78, 5) is 10.6. The number of thioether (sulfide) groups is 1. The molecule has 1 aromatic carbocycles. The number of likely N-dealkylation sites (N-methyl/N-ethyl adjacent to an activating group) is 1. The molecule has 0 saturated heterocycles. The number of carboxylic acid groups (broad SMARTS) is 1. The third kappa shape index (κ3) is 4.43. The third-order valence-electron chi connectivity index (χ3n) is 2.96. The lowest BCUT2D eigenvalue weighted by Gasteiger charge is -2.33. The first kappa shape index (κ1) is 17.9. The van der Waals surface area contributed by atoms with Crippen LogP contribution in [-0.4, -0.2) is 39.6 Å². The summed E-state index contributed by atoms with van der Waals surface area (Å²) in [5.41, 5.74) is -0.248. The molecular weight excluding hydrogens is 341 g/mol. The van der Waals surface area contributed by atoms with Crippen molar-refractivity contribution in [1.29, 1.82) is 0 Å². The summed E-state index contributed by atoms with van der Waals surface area (Å²) in [5, 5.41) is 11.3. The van der Waals surface area contributed by atoms with Crippen LogP contribution in [0, 0.1) is 0 Å². The van der Waals surface area contributed by atoms with E-state index in [1.807, 2.05) is 30.3 Å². The first-order valence-electron chi connectivity index (χ1n) is 5.90. The van der Waals surface area contributed by atoms with Crippen LogP contribution >= 0.6 is 46.6 Å². The highest BCUT2D eigenvalue weighted by Crippen LogP contribution is 2.30. The Morgan fingerprint density at radius 2 is 1.95 bits per heavy atom. The minimum atomic E-state index is -1.37. The average molecular weight is 357 g/mol. The molecule has 0 bridgehead atoms. The fraction of sp³-hybridized carbons (Fsp3) is 0.462. The largest absolute Gasteiger partial charge is 0.480 e. The van der Waals surface area contributed by atoms with Gasteiger partial charge in [0.15, 0.2) is 0 Å². The van der Waals surface area contributed by atoms with Crippen LogP contribution in [-0.2, 0) is 10.5 Å². The van der Waals surface area contributed by atoms with Gasteiger partial charge in [0.2, 0.25) is 0 Å². The fourth-order valence-electron chi connectivity index (χ4n) is 1.70. The maximum atomic E-state index is 11.6. The minimum absolute atomic E-state index is 0.262. The quantitative estimate of drug-likeness (QED) is 0.701. The van der Waals surface area contributed by atoms with Crippen molar-refractivity contribution in [2.45, 2.75) is 21.5 Å². The van der Waals surface area contributed by atoms with Gasteiger partial charge < -0.3 is 10.4 Å². The SMILES string of the molecule is CNC(CSCc1ccccc1)(C(=O)O)C(Cl)C(Cl)Cl. The van der Waals surface area contributed by atoms with Crippen LogP contribution in [0.1, 0.15) is 5.56 Å². The minimum Gasteiger partial charge on any atom is -0.480 e. The van der Waals surface area contributed by atoms with E-state index < -0.39 is 21.7 Å². The number of halogens is 3. The molecule has 0 heterocycles. The average Bonchev–Trinajstić information content (AvgIpc) is 2.44. The second-order valence-corrected chi connectivity index (χ2v) is 6.86. The summed E-state index contributed by atoms with van der Waals surface area (Å²) in [6, 6.07) is 9.79. The highest BCUT2D eigenvalue weighted by molar-refractivity contribution is 7.98. The van der Waals surface area contributed by atoms with Crippen LogP contribution in [0.2, 0.25) is 0 Å². The fourth-order valence-corrected chi connectivity index (χ4v) is 3.80. The zero-order chi connectivity index (χ0) is 15.2. The van der Waals surface area contributed by atoms with Gasteiger partial charge in [0, 0.05) is 11.5 Å². The van der Waals surface area contributed by atoms with E-state index in [1.54, 1.807) is 7.05 Å². The Balaban J connectivity index is 2.73. The molecule has 0 saturated carbocycles. The number of hydrogen-bond donors (Lipinski definition) is 2. The second-order valence-electron chi connectivity index (χ2n) is 4.24. The van der Waals surface area contributed by atoms with Gasteiger partial charge in [-0.25, -0.2) is 0 Å².